The lowest BCUT2D eigenvalue weighted by molar-refractivity contribution is -0.143. The largest absolute Gasteiger partial charge is 0.508 e. The maximum atomic E-state index is 14.3. The number of ether oxygens (including phenoxy) is 1. The SMILES string of the molecule is CCCCC1(CCCC)CN(c2ccccc2)c2cc(SC)c(OCC(=O)NC(C(=O)N[C@H](C(=O)O)C(C)C)C3C=CC(O)=CC3C)cc2S(=O)(=O)N1. The Kier molecular flexibility index (Phi) is 14.5. The highest BCUT2D eigenvalue weighted by Crippen LogP contribution is 2.44. The third kappa shape index (κ3) is 10.4. The van der Waals surface area contributed by atoms with E-state index >= 15 is 0 Å². The van der Waals surface area contributed by atoms with Gasteiger partial charge in [0.2, 0.25) is 15.9 Å². The molecule has 2 aromatic carbocycles. The number of nitrogens with zero attached hydrogens (tertiary/aromatic N) is 1. The van der Waals surface area contributed by atoms with Crippen molar-refractivity contribution >= 4 is 50.9 Å². The second kappa shape index (κ2) is 18.4. The number of unbranched alkanes of at least 4 members (excludes halogenated alkanes) is 2. The second-order valence-corrected chi connectivity index (χ2v) is 16.8. The molecule has 0 saturated carbocycles. The third-order valence-electron chi connectivity index (χ3n) is 9.83. The predicted molar refractivity (Wildman–Crippen MR) is 208 cm³/mol. The molecule has 4 rings (SSSR count). The standard InChI is InChI=1S/C39H54N4O8S2/c1-7-9-18-39(19-10-8-2)24-43(27-14-12-11-13-15-27)30-21-32(52-6)31(22-33(30)53(49,50)42-39)51-23-34(45)40-36(29-17-16-28(44)20-26(29)5)37(46)41-35(25(3)4)38(47)48/h11-17,20-22,25-26,29,35-36,42,44H,7-10,18-19,23-24H2,1-6H3,(H,40,45)(H,41,46)(H,47,48)/t26?,29?,35-,36?/m0/s1. The molecule has 0 spiro atoms. The van der Waals surface area contributed by atoms with E-state index in [2.05, 4.69) is 34.1 Å². The number of para-hydroxylation sites is 1. The topological polar surface area (TPSA) is 174 Å². The molecule has 53 heavy (non-hydrogen) atoms. The molecule has 2 aliphatic rings. The number of sulfonamides is 1. The van der Waals surface area contributed by atoms with Gasteiger partial charge in [0.1, 0.15) is 28.5 Å². The van der Waals surface area contributed by atoms with Crippen molar-refractivity contribution in [2.24, 2.45) is 17.8 Å². The van der Waals surface area contributed by atoms with Crippen LogP contribution in [0.4, 0.5) is 11.4 Å². The zero-order chi connectivity index (χ0) is 38.9. The minimum atomic E-state index is -4.07. The van der Waals surface area contributed by atoms with Crippen molar-refractivity contribution in [3.05, 3.63) is 66.5 Å². The number of anilines is 2. The summed E-state index contributed by atoms with van der Waals surface area (Å²) in [6.45, 7) is 9.17. The number of nitrogens with one attached hydrogen (secondary N) is 3. The van der Waals surface area contributed by atoms with Crippen molar-refractivity contribution < 1.29 is 37.8 Å². The van der Waals surface area contributed by atoms with Crippen LogP contribution >= 0.6 is 11.8 Å². The molecule has 2 aromatic rings. The summed E-state index contributed by atoms with van der Waals surface area (Å²) in [5.74, 6) is -3.78. The normalized spacial score (nSPS) is 20.1. The number of hydrogen-bond donors (Lipinski definition) is 5. The summed E-state index contributed by atoms with van der Waals surface area (Å²) in [5, 5.41) is 25.0. The summed E-state index contributed by atoms with van der Waals surface area (Å²) in [5.41, 5.74) is 0.636. The van der Waals surface area contributed by atoms with Gasteiger partial charge < -0.3 is 30.5 Å². The second-order valence-electron chi connectivity index (χ2n) is 14.3. The fraction of sp³-hybridized carbons (Fsp3) is 0.513. The first-order valence-corrected chi connectivity index (χ1v) is 21.0. The van der Waals surface area contributed by atoms with Crippen molar-refractivity contribution in [2.75, 3.05) is 24.3 Å². The number of hydrogen-bond acceptors (Lipinski definition) is 9. The van der Waals surface area contributed by atoms with Crippen LogP contribution in [0, 0.1) is 17.8 Å². The Balaban J connectivity index is 1.68. The fourth-order valence-corrected chi connectivity index (χ4v) is 9.13. The molecule has 4 atom stereocenters. The Hall–Kier alpha value is -4.01. The van der Waals surface area contributed by atoms with Gasteiger partial charge in [0, 0.05) is 24.2 Å². The highest BCUT2D eigenvalue weighted by molar-refractivity contribution is 7.98. The Morgan fingerprint density at radius 1 is 1.08 bits per heavy atom. The van der Waals surface area contributed by atoms with Crippen LogP contribution in [0.3, 0.4) is 0 Å². The van der Waals surface area contributed by atoms with Crippen LogP contribution in [-0.4, -0.2) is 73.4 Å². The van der Waals surface area contributed by atoms with Gasteiger partial charge in [-0.2, -0.15) is 0 Å². The Labute approximate surface area is 317 Å². The lowest BCUT2D eigenvalue weighted by Crippen LogP contribution is -2.57. The van der Waals surface area contributed by atoms with Crippen LogP contribution in [-0.2, 0) is 24.4 Å². The summed E-state index contributed by atoms with van der Waals surface area (Å²) in [6.07, 6.45) is 11.3. The van der Waals surface area contributed by atoms with Gasteiger partial charge in [-0.15, -0.1) is 11.8 Å². The number of benzene rings is 2. The quantitative estimate of drug-likeness (QED) is 0.115. The van der Waals surface area contributed by atoms with Crippen LogP contribution in [0.15, 0.2) is 76.2 Å². The van der Waals surface area contributed by atoms with E-state index in [9.17, 15) is 33.0 Å². The van der Waals surface area contributed by atoms with Crippen molar-refractivity contribution in [1.29, 1.82) is 0 Å². The number of rotatable bonds is 17. The number of carboxylic acids is 1. The summed E-state index contributed by atoms with van der Waals surface area (Å²) < 4.78 is 37.8. The van der Waals surface area contributed by atoms with E-state index in [1.807, 2.05) is 36.6 Å². The van der Waals surface area contributed by atoms with Gasteiger partial charge in [0.05, 0.1) is 16.1 Å². The first kappa shape index (κ1) is 41.7. The first-order valence-electron chi connectivity index (χ1n) is 18.3. The van der Waals surface area contributed by atoms with Crippen molar-refractivity contribution in [1.82, 2.24) is 15.4 Å². The number of carbonyl (C=O) groups is 3. The number of carboxylic acid groups (broad SMARTS) is 1. The smallest absolute Gasteiger partial charge is 0.326 e. The number of allylic oxidation sites excluding steroid dienone is 2. The van der Waals surface area contributed by atoms with Crippen molar-refractivity contribution in [3.8, 4) is 5.75 Å². The number of carbonyl (C=O) groups excluding carboxylic acids is 2. The average molecular weight is 771 g/mol. The molecular formula is C39H54N4O8S2. The molecule has 0 aromatic heterocycles. The van der Waals surface area contributed by atoms with Gasteiger partial charge in [0.25, 0.3) is 5.91 Å². The fourth-order valence-electron chi connectivity index (χ4n) is 6.93. The molecule has 14 heteroatoms. The van der Waals surface area contributed by atoms with Crippen LogP contribution in [0.25, 0.3) is 0 Å². The van der Waals surface area contributed by atoms with Crippen LogP contribution < -0.4 is 25.0 Å². The number of thioether (sulfide) groups is 1. The zero-order valence-corrected chi connectivity index (χ0v) is 33.1. The molecular weight excluding hydrogens is 717 g/mol. The Bertz CT molecular complexity index is 1770. The summed E-state index contributed by atoms with van der Waals surface area (Å²) in [6, 6.07) is 10.6. The van der Waals surface area contributed by atoms with E-state index in [1.54, 1.807) is 39.0 Å². The van der Waals surface area contributed by atoms with Crippen LogP contribution in [0.2, 0.25) is 0 Å². The molecule has 1 heterocycles. The Morgan fingerprint density at radius 3 is 2.30 bits per heavy atom. The first-order chi connectivity index (χ1) is 25.1. The average Bonchev–Trinajstić information content (AvgIpc) is 3.21. The van der Waals surface area contributed by atoms with E-state index in [0.29, 0.717) is 30.0 Å². The van der Waals surface area contributed by atoms with E-state index < -0.39 is 63.9 Å². The number of aliphatic hydroxyl groups is 1. The third-order valence-corrected chi connectivity index (χ3v) is 12.2. The maximum Gasteiger partial charge on any atom is 0.326 e. The molecule has 1 aliphatic heterocycles. The minimum Gasteiger partial charge on any atom is -0.508 e. The molecule has 0 saturated heterocycles. The van der Waals surface area contributed by atoms with Gasteiger partial charge in [0.15, 0.2) is 6.61 Å². The highest BCUT2D eigenvalue weighted by Gasteiger charge is 2.42. The van der Waals surface area contributed by atoms with Crippen LogP contribution in [0.1, 0.15) is 73.1 Å². The molecule has 1 aliphatic carbocycles. The van der Waals surface area contributed by atoms with E-state index in [1.165, 1.54) is 23.9 Å². The van der Waals surface area contributed by atoms with Gasteiger partial charge in [-0.3, -0.25) is 9.59 Å². The molecule has 290 valence electrons. The number of aliphatic carboxylic acids is 1. The summed E-state index contributed by atoms with van der Waals surface area (Å²) >= 11 is 1.35. The molecule has 2 amide bonds. The Morgan fingerprint density at radius 2 is 1.74 bits per heavy atom. The predicted octanol–water partition coefficient (Wildman–Crippen LogP) is 6.31. The van der Waals surface area contributed by atoms with Crippen molar-refractivity contribution in [2.45, 2.75) is 101 Å². The molecule has 0 radical (unpaired) electrons. The molecule has 12 nitrogen and oxygen atoms in total. The van der Waals surface area contributed by atoms with Crippen LogP contribution in [0.5, 0.6) is 5.75 Å². The number of amides is 2. The van der Waals surface area contributed by atoms with E-state index in [-0.39, 0.29) is 22.3 Å². The van der Waals surface area contributed by atoms with E-state index in [0.717, 1.165) is 31.4 Å². The highest BCUT2D eigenvalue weighted by atomic mass is 32.2. The van der Waals surface area contributed by atoms with Gasteiger partial charge in [-0.05, 0) is 61.3 Å². The lowest BCUT2D eigenvalue weighted by atomic mass is 9.83. The number of aliphatic hydroxyl groups excluding tert-OH is 1. The molecule has 0 fully saturated rings. The van der Waals surface area contributed by atoms with Crippen molar-refractivity contribution in [3.63, 3.8) is 0 Å². The molecule has 3 unspecified atom stereocenters. The monoisotopic (exact) mass is 770 g/mol. The number of fused-ring (bicyclic) bond motifs is 1. The zero-order valence-electron chi connectivity index (χ0n) is 31.4. The maximum absolute atomic E-state index is 14.3. The minimum absolute atomic E-state index is 0.0178. The lowest BCUT2D eigenvalue weighted by Gasteiger charge is -2.37. The summed E-state index contributed by atoms with van der Waals surface area (Å²) in [7, 11) is -4.07. The molecule has 5 N–H and O–H groups in total. The molecule has 0 bridgehead atoms. The van der Waals surface area contributed by atoms with Gasteiger partial charge in [-0.1, -0.05) is 84.6 Å². The van der Waals surface area contributed by atoms with E-state index in [4.69, 9.17) is 4.74 Å². The van der Waals surface area contributed by atoms with Gasteiger partial charge >= 0.3 is 5.97 Å². The summed E-state index contributed by atoms with van der Waals surface area (Å²) in [4.78, 5) is 41.7. The van der Waals surface area contributed by atoms with Gasteiger partial charge in [-0.25, -0.2) is 17.9 Å².